The molecule has 0 aliphatic carbocycles. The second-order valence-corrected chi connectivity index (χ2v) is 8.89. The van der Waals surface area contributed by atoms with Crippen LogP contribution >= 0.6 is 11.8 Å². The fraction of sp³-hybridized carbons (Fsp3) is 0.185. The second kappa shape index (κ2) is 12.1. The lowest BCUT2D eigenvalue weighted by atomic mass is 10.1. The van der Waals surface area contributed by atoms with Gasteiger partial charge >= 0.3 is 0 Å². The van der Waals surface area contributed by atoms with Crippen molar-refractivity contribution in [1.29, 1.82) is 0 Å². The zero-order chi connectivity index (χ0) is 26.2. The van der Waals surface area contributed by atoms with Gasteiger partial charge in [0.05, 0.1) is 25.7 Å². The van der Waals surface area contributed by atoms with Gasteiger partial charge in [-0.3, -0.25) is 9.36 Å². The third-order valence-electron chi connectivity index (χ3n) is 5.29. The van der Waals surface area contributed by atoms with Crippen LogP contribution in [0.15, 0.2) is 77.0 Å². The van der Waals surface area contributed by atoms with E-state index in [1.807, 2.05) is 66.9 Å². The molecule has 10 heteroatoms. The number of carbonyl (C=O) groups excluding carboxylic acids is 1. The standard InChI is InChI=1S/C27H27N5O4S/c1-4-36-24-15-19(7-14-23(24)33)16-28-29-25(34)17-37-27-31-30-26(20-8-5-18(2)6-9-20)32(27)21-10-12-22(35-3)13-11-21/h5-16,33H,4,17H2,1-3H3,(H,29,34)/b28-16-. The fourth-order valence-electron chi connectivity index (χ4n) is 3.44. The van der Waals surface area contributed by atoms with Gasteiger partial charge in [0.1, 0.15) is 5.75 Å². The second-order valence-electron chi connectivity index (χ2n) is 7.95. The molecule has 4 aromatic rings. The molecule has 0 unspecified atom stereocenters. The molecule has 1 amide bonds. The Morgan fingerprint density at radius 3 is 2.57 bits per heavy atom. The summed E-state index contributed by atoms with van der Waals surface area (Å²) in [5, 5.41) is 23.2. The monoisotopic (exact) mass is 517 g/mol. The first-order valence-corrected chi connectivity index (χ1v) is 12.5. The molecule has 0 saturated carbocycles. The number of aromatic hydroxyl groups is 1. The topological polar surface area (TPSA) is 111 Å². The summed E-state index contributed by atoms with van der Waals surface area (Å²) in [6.07, 6.45) is 1.49. The molecule has 1 heterocycles. The molecule has 0 atom stereocenters. The normalized spacial score (nSPS) is 11.0. The van der Waals surface area contributed by atoms with E-state index < -0.39 is 0 Å². The summed E-state index contributed by atoms with van der Waals surface area (Å²) in [6, 6.07) is 20.4. The zero-order valence-corrected chi connectivity index (χ0v) is 21.5. The van der Waals surface area contributed by atoms with Crippen molar-refractivity contribution in [3.05, 3.63) is 77.9 Å². The predicted octanol–water partition coefficient (Wildman–Crippen LogP) is 4.60. The first-order valence-electron chi connectivity index (χ1n) is 11.6. The van der Waals surface area contributed by atoms with Crippen molar-refractivity contribution >= 4 is 23.9 Å². The number of aromatic nitrogens is 3. The molecule has 9 nitrogen and oxygen atoms in total. The average molecular weight is 518 g/mol. The van der Waals surface area contributed by atoms with Crippen molar-refractivity contribution in [3.8, 4) is 34.3 Å². The maximum Gasteiger partial charge on any atom is 0.250 e. The predicted molar refractivity (Wildman–Crippen MR) is 144 cm³/mol. The highest BCUT2D eigenvalue weighted by atomic mass is 32.2. The molecule has 0 saturated heterocycles. The Balaban J connectivity index is 1.48. The van der Waals surface area contributed by atoms with Gasteiger partial charge in [-0.25, -0.2) is 5.43 Å². The minimum Gasteiger partial charge on any atom is -0.504 e. The van der Waals surface area contributed by atoms with E-state index in [2.05, 4.69) is 20.7 Å². The molecular weight excluding hydrogens is 490 g/mol. The molecule has 37 heavy (non-hydrogen) atoms. The van der Waals surface area contributed by atoms with E-state index in [1.165, 1.54) is 24.0 Å². The number of ether oxygens (including phenoxy) is 2. The van der Waals surface area contributed by atoms with Gasteiger partial charge in [-0.2, -0.15) is 5.10 Å². The molecule has 0 bridgehead atoms. The number of nitrogens with zero attached hydrogens (tertiary/aromatic N) is 4. The molecule has 0 aliphatic rings. The number of methoxy groups -OCH3 is 1. The average Bonchev–Trinajstić information content (AvgIpc) is 3.34. The Morgan fingerprint density at radius 1 is 1.11 bits per heavy atom. The molecular formula is C27H27N5O4S. The van der Waals surface area contributed by atoms with Crippen molar-refractivity contribution in [1.82, 2.24) is 20.2 Å². The lowest BCUT2D eigenvalue weighted by Crippen LogP contribution is -2.20. The summed E-state index contributed by atoms with van der Waals surface area (Å²) in [6.45, 7) is 4.28. The van der Waals surface area contributed by atoms with E-state index in [0.717, 1.165) is 22.6 Å². The van der Waals surface area contributed by atoms with E-state index in [4.69, 9.17) is 9.47 Å². The van der Waals surface area contributed by atoms with Crippen molar-refractivity contribution in [2.75, 3.05) is 19.5 Å². The van der Waals surface area contributed by atoms with Crippen molar-refractivity contribution < 1.29 is 19.4 Å². The van der Waals surface area contributed by atoms with Crippen LogP contribution in [0.4, 0.5) is 0 Å². The Kier molecular flexibility index (Phi) is 8.42. The van der Waals surface area contributed by atoms with Crippen LogP contribution in [0.25, 0.3) is 17.1 Å². The number of phenolic OH excluding ortho intramolecular Hbond substituents is 1. The lowest BCUT2D eigenvalue weighted by Gasteiger charge is -2.11. The minimum absolute atomic E-state index is 0.0467. The van der Waals surface area contributed by atoms with Gasteiger partial charge in [0.25, 0.3) is 5.91 Å². The summed E-state index contributed by atoms with van der Waals surface area (Å²) in [7, 11) is 1.62. The molecule has 190 valence electrons. The van der Waals surface area contributed by atoms with Gasteiger partial charge < -0.3 is 14.6 Å². The molecule has 4 rings (SSSR count). The number of phenols is 1. The van der Waals surface area contributed by atoms with Gasteiger partial charge in [0.2, 0.25) is 0 Å². The number of benzene rings is 3. The third-order valence-corrected chi connectivity index (χ3v) is 6.22. The Morgan fingerprint density at radius 2 is 1.86 bits per heavy atom. The number of aryl methyl sites for hydroxylation is 1. The number of amides is 1. The summed E-state index contributed by atoms with van der Waals surface area (Å²) >= 11 is 1.25. The molecule has 0 aliphatic heterocycles. The van der Waals surface area contributed by atoms with E-state index in [1.54, 1.807) is 19.2 Å². The smallest absolute Gasteiger partial charge is 0.250 e. The van der Waals surface area contributed by atoms with Crippen LogP contribution < -0.4 is 14.9 Å². The molecule has 0 fully saturated rings. The highest BCUT2D eigenvalue weighted by Gasteiger charge is 2.17. The highest BCUT2D eigenvalue weighted by Crippen LogP contribution is 2.29. The van der Waals surface area contributed by atoms with Crippen molar-refractivity contribution in [2.24, 2.45) is 5.10 Å². The van der Waals surface area contributed by atoms with Gasteiger partial charge in [-0.05, 0) is 61.9 Å². The Hall–Kier alpha value is -4.31. The van der Waals surface area contributed by atoms with Gasteiger partial charge in [-0.1, -0.05) is 41.6 Å². The van der Waals surface area contributed by atoms with Crippen molar-refractivity contribution in [2.45, 2.75) is 19.0 Å². The van der Waals surface area contributed by atoms with Crippen LogP contribution in [-0.2, 0) is 4.79 Å². The van der Waals surface area contributed by atoms with Crippen LogP contribution in [0.2, 0.25) is 0 Å². The fourth-order valence-corrected chi connectivity index (χ4v) is 4.18. The van der Waals surface area contributed by atoms with Crippen LogP contribution in [0.5, 0.6) is 17.2 Å². The van der Waals surface area contributed by atoms with Gasteiger partial charge in [0, 0.05) is 11.3 Å². The Bertz CT molecular complexity index is 1390. The zero-order valence-electron chi connectivity index (χ0n) is 20.7. The number of thioether (sulfide) groups is 1. The summed E-state index contributed by atoms with van der Waals surface area (Å²) in [4.78, 5) is 12.5. The van der Waals surface area contributed by atoms with E-state index in [0.29, 0.717) is 28.9 Å². The quantitative estimate of drug-likeness (QED) is 0.180. The van der Waals surface area contributed by atoms with Crippen molar-refractivity contribution in [3.63, 3.8) is 0 Å². The first-order chi connectivity index (χ1) is 18.0. The number of carbonyl (C=O) groups is 1. The maximum absolute atomic E-state index is 12.5. The summed E-state index contributed by atoms with van der Waals surface area (Å²) < 4.78 is 12.6. The number of nitrogens with one attached hydrogen (secondary N) is 1. The SMILES string of the molecule is CCOc1cc(/C=N\NC(=O)CSc2nnc(-c3ccc(C)cc3)n2-c2ccc(OC)cc2)ccc1O. The molecule has 2 N–H and O–H groups in total. The maximum atomic E-state index is 12.5. The largest absolute Gasteiger partial charge is 0.504 e. The van der Waals surface area contributed by atoms with E-state index in [9.17, 15) is 9.90 Å². The van der Waals surface area contributed by atoms with Crippen LogP contribution in [0, 0.1) is 6.92 Å². The van der Waals surface area contributed by atoms with E-state index in [-0.39, 0.29) is 17.4 Å². The summed E-state index contributed by atoms with van der Waals surface area (Å²) in [5.74, 6) is 1.59. The highest BCUT2D eigenvalue weighted by molar-refractivity contribution is 7.99. The molecule has 0 spiro atoms. The first kappa shape index (κ1) is 25.8. The summed E-state index contributed by atoms with van der Waals surface area (Å²) in [5.41, 5.74) is 6.10. The minimum atomic E-state index is -0.300. The molecule has 1 aromatic heterocycles. The van der Waals surface area contributed by atoms with E-state index >= 15 is 0 Å². The van der Waals surface area contributed by atoms with Crippen LogP contribution in [0.3, 0.4) is 0 Å². The molecule has 3 aromatic carbocycles. The van der Waals surface area contributed by atoms with Gasteiger partial charge in [0.15, 0.2) is 22.5 Å². The molecule has 0 radical (unpaired) electrons. The van der Waals surface area contributed by atoms with Crippen LogP contribution in [0.1, 0.15) is 18.1 Å². The van der Waals surface area contributed by atoms with Crippen LogP contribution in [-0.4, -0.2) is 51.5 Å². The number of hydrogen-bond acceptors (Lipinski definition) is 8. The third kappa shape index (κ3) is 6.47. The lowest BCUT2D eigenvalue weighted by molar-refractivity contribution is -0.118. The number of rotatable bonds is 10. The van der Waals surface area contributed by atoms with Gasteiger partial charge in [-0.15, -0.1) is 10.2 Å². The number of hydrogen-bond donors (Lipinski definition) is 2. The Labute approximate surface area is 219 Å². The number of hydrazone groups is 1.